The first-order chi connectivity index (χ1) is 9.93. The van der Waals surface area contributed by atoms with Crippen LogP contribution in [0.5, 0.6) is 0 Å². The van der Waals surface area contributed by atoms with Crippen molar-refractivity contribution in [2.75, 3.05) is 12.4 Å². The molecule has 3 N–H and O–H groups in total. The number of aromatic nitrogens is 2. The third-order valence-corrected chi connectivity index (χ3v) is 2.46. The molecule has 0 amide bonds. The molecular formula is C13H13Cl2N3O4. The van der Waals surface area contributed by atoms with Gasteiger partial charge >= 0.3 is 11.9 Å². The maximum Gasteiger partial charge on any atom is 0.337 e. The van der Waals surface area contributed by atoms with Gasteiger partial charge in [-0.25, -0.2) is 19.6 Å². The first-order valence-electron chi connectivity index (χ1n) is 5.66. The van der Waals surface area contributed by atoms with Crippen molar-refractivity contribution in [3.05, 3.63) is 52.9 Å². The summed E-state index contributed by atoms with van der Waals surface area (Å²) in [6, 6.07) is 5.95. The average Bonchev–Trinajstić information content (AvgIpc) is 2.48. The Balaban J connectivity index is 0.000000385. The minimum Gasteiger partial charge on any atom is -0.478 e. The Bertz CT molecular complexity index is 618. The predicted octanol–water partition coefficient (Wildman–Crippen LogP) is 2.68. The van der Waals surface area contributed by atoms with Crippen LogP contribution in [0.1, 0.15) is 20.7 Å². The van der Waals surface area contributed by atoms with Gasteiger partial charge in [0.05, 0.1) is 11.1 Å². The van der Waals surface area contributed by atoms with Crippen molar-refractivity contribution in [2.45, 2.75) is 0 Å². The van der Waals surface area contributed by atoms with E-state index in [4.69, 9.17) is 21.8 Å². The lowest BCUT2D eigenvalue weighted by molar-refractivity contribution is 0.0685. The van der Waals surface area contributed by atoms with Crippen LogP contribution < -0.4 is 5.32 Å². The van der Waals surface area contributed by atoms with Gasteiger partial charge in [0.15, 0.2) is 0 Å². The van der Waals surface area contributed by atoms with Gasteiger partial charge in [0.25, 0.3) is 0 Å². The quantitative estimate of drug-likeness (QED) is 0.733. The number of aromatic carboxylic acids is 2. The summed E-state index contributed by atoms with van der Waals surface area (Å²) in [6.45, 7) is 0. The Morgan fingerprint density at radius 3 is 1.82 bits per heavy atom. The standard InChI is InChI=1S/C7H8N2O2.C6H4ClNO2.ClH/c1-8-6-3-2-5(4-9-6)7(10)11;7-5-2-1-4(3-8-5)6(9)10;/h2-4H,1H3,(H,8,9)(H,10,11);1-3H,(H,9,10);1H. The van der Waals surface area contributed by atoms with E-state index in [-0.39, 0.29) is 23.5 Å². The van der Waals surface area contributed by atoms with Crippen molar-refractivity contribution in [2.24, 2.45) is 0 Å². The average molecular weight is 346 g/mol. The number of carboxylic acid groups (broad SMARTS) is 2. The molecule has 0 saturated heterocycles. The van der Waals surface area contributed by atoms with E-state index < -0.39 is 11.9 Å². The Morgan fingerprint density at radius 2 is 1.50 bits per heavy atom. The summed E-state index contributed by atoms with van der Waals surface area (Å²) in [4.78, 5) is 28.0. The molecule has 7 nitrogen and oxygen atoms in total. The molecule has 0 fully saturated rings. The molecule has 0 aliphatic heterocycles. The first kappa shape index (κ1) is 19.6. The fourth-order valence-electron chi connectivity index (χ4n) is 1.17. The van der Waals surface area contributed by atoms with E-state index in [0.29, 0.717) is 11.0 Å². The Hall–Kier alpha value is -2.38. The Kier molecular flexibility index (Phi) is 8.51. The van der Waals surface area contributed by atoms with Gasteiger partial charge < -0.3 is 15.5 Å². The zero-order valence-electron chi connectivity index (χ0n) is 11.4. The third-order valence-electron chi connectivity index (χ3n) is 2.24. The molecule has 0 spiro atoms. The highest BCUT2D eigenvalue weighted by molar-refractivity contribution is 6.29. The van der Waals surface area contributed by atoms with E-state index in [1.165, 1.54) is 30.6 Å². The molecule has 0 saturated carbocycles. The van der Waals surface area contributed by atoms with Crippen LogP contribution in [0.25, 0.3) is 0 Å². The number of carbonyl (C=O) groups is 2. The lowest BCUT2D eigenvalue weighted by Crippen LogP contribution is -1.98. The number of anilines is 1. The van der Waals surface area contributed by atoms with Crippen LogP contribution >= 0.6 is 24.0 Å². The van der Waals surface area contributed by atoms with Crippen molar-refractivity contribution in [3.8, 4) is 0 Å². The zero-order chi connectivity index (χ0) is 15.8. The maximum absolute atomic E-state index is 10.3. The first-order valence-corrected chi connectivity index (χ1v) is 6.03. The summed E-state index contributed by atoms with van der Waals surface area (Å²) in [5, 5.41) is 20.0. The van der Waals surface area contributed by atoms with Crippen LogP contribution in [0.2, 0.25) is 5.15 Å². The largest absolute Gasteiger partial charge is 0.478 e. The Labute approximate surface area is 137 Å². The highest BCUT2D eigenvalue weighted by atomic mass is 35.5. The maximum atomic E-state index is 10.3. The molecule has 0 atom stereocenters. The highest BCUT2D eigenvalue weighted by Gasteiger charge is 2.01. The lowest BCUT2D eigenvalue weighted by atomic mass is 10.3. The number of nitrogens with zero attached hydrogens (tertiary/aromatic N) is 2. The minimum atomic E-state index is -0.996. The van der Waals surface area contributed by atoms with E-state index >= 15 is 0 Å². The van der Waals surface area contributed by atoms with Gasteiger partial charge in [0.1, 0.15) is 11.0 Å². The molecule has 0 bridgehead atoms. The molecule has 0 aliphatic carbocycles. The van der Waals surface area contributed by atoms with Crippen molar-refractivity contribution < 1.29 is 19.8 Å². The number of hydrogen-bond acceptors (Lipinski definition) is 5. The van der Waals surface area contributed by atoms with Gasteiger partial charge in [-0.15, -0.1) is 12.4 Å². The van der Waals surface area contributed by atoms with Crippen LogP contribution in [0.4, 0.5) is 5.82 Å². The van der Waals surface area contributed by atoms with E-state index in [1.807, 2.05) is 0 Å². The number of carboxylic acids is 2. The monoisotopic (exact) mass is 345 g/mol. The molecule has 2 aromatic rings. The molecule has 0 unspecified atom stereocenters. The SMILES string of the molecule is CNc1ccc(C(=O)O)cn1.Cl.O=C(O)c1ccc(Cl)nc1. The smallest absolute Gasteiger partial charge is 0.337 e. The van der Waals surface area contributed by atoms with Crippen LogP contribution in [0.3, 0.4) is 0 Å². The summed E-state index contributed by atoms with van der Waals surface area (Å²) in [5.74, 6) is -1.29. The summed E-state index contributed by atoms with van der Waals surface area (Å²) < 4.78 is 0. The fraction of sp³-hybridized carbons (Fsp3) is 0.0769. The third kappa shape index (κ3) is 6.38. The molecule has 22 heavy (non-hydrogen) atoms. The fourth-order valence-corrected chi connectivity index (χ4v) is 1.28. The Morgan fingerprint density at radius 1 is 1.00 bits per heavy atom. The van der Waals surface area contributed by atoms with Crippen molar-refractivity contribution in [1.29, 1.82) is 0 Å². The molecule has 2 heterocycles. The molecule has 0 radical (unpaired) electrons. The molecule has 0 aliphatic rings. The second kappa shape index (κ2) is 9.54. The highest BCUT2D eigenvalue weighted by Crippen LogP contribution is 2.04. The number of pyridine rings is 2. The molecule has 0 aromatic carbocycles. The van der Waals surface area contributed by atoms with Crippen LogP contribution in [0.15, 0.2) is 36.7 Å². The van der Waals surface area contributed by atoms with E-state index in [9.17, 15) is 9.59 Å². The van der Waals surface area contributed by atoms with Gasteiger partial charge in [-0.3, -0.25) is 0 Å². The molecule has 9 heteroatoms. The van der Waals surface area contributed by atoms with Crippen LogP contribution in [-0.4, -0.2) is 39.2 Å². The minimum absolute atomic E-state index is 0. The van der Waals surface area contributed by atoms with Gasteiger partial charge in [0.2, 0.25) is 0 Å². The number of nitrogens with one attached hydrogen (secondary N) is 1. The zero-order valence-corrected chi connectivity index (χ0v) is 12.9. The molecule has 118 valence electrons. The van der Waals surface area contributed by atoms with Gasteiger partial charge in [0, 0.05) is 19.4 Å². The second-order valence-corrected chi connectivity index (χ2v) is 4.05. The van der Waals surface area contributed by atoms with Crippen LogP contribution in [-0.2, 0) is 0 Å². The summed E-state index contributed by atoms with van der Waals surface area (Å²) >= 11 is 5.41. The van der Waals surface area contributed by atoms with E-state index in [0.717, 1.165) is 0 Å². The topological polar surface area (TPSA) is 112 Å². The van der Waals surface area contributed by atoms with Crippen molar-refractivity contribution in [1.82, 2.24) is 9.97 Å². The summed E-state index contributed by atoms with van der Waals surface area (Å²) in [5.41, 5.74) is 0.341. The van der Waals surface area contributed by atoms with Crippen molar-refractivity contribution in [3.63, 3.8) is 0 Å². The summed E-state index contributed by atoms with van der Waals surface area (Å²) in [6.07, 6.45) is 2.53. The lowest BCUT2D eigenvalue weighted by Gasteiger charge is -1.97. The normalized spacial score (nSPS) is 8.82. The van der Waals surface area contributed by atoms with Gasteiger partial charge in [-0.1, -0.05) is 11.6 Å². The number of rotatable bonds is 3. The summed E-state index contributed by atoms with van der Waals surface area (Å²) in [7, 11) is 1.72. The molecular weight excluding hydrogens is 333 g/mol. The van der Waals surface area contributed by atoms with E-state index in [1.54, 1.807) is 13.1 Å². The molecule has 2 rings (SSSR count). The number of hydrogen-bond donors (Lipinski definition) is 3. The number of halogens is 2. The van der Waals surface area contributed by atoms with Gasteiger partial charge in [-0.2, -0.15) is 0 Å². The van der Waals surface area contributed by atoms with Gasteiger partial charge in [-0.05, 0) is 24.3 Å². The van der Waals surface area contributed by atoms with Crippen LogP contribution in [0, 0.1) is 0 Å². The second-order valence-electron chi connectivity index (χ2n) is 3.66. The molecule has 2 aromatic heterocycles. The van der Waals surface area contributed by atoms with E-state index in [2.05, 4.69) is 15.3 Å². The van der Waals surface area contributed by atoms with Crippen molar-refractivity contribution >= 4 is 41.8 Å². The predicted molar refractivity (Wildman–Crippen MR) is 84.2 cm³/mol.